The summed E-state index contributed by atoms with van der Waals surface area (Å²) in [6.07, 6.45) is 0. The van der Waals surface area contributed by atoms with Gasteiger partial charge >= 0.3 is 0 Å². The van der Waals surface area contributed by atoms with Crippen molar-refractivity contribution in [2.45, 2.75) is 20.8 Å². The number of amides is 1. The van der Waals surface area contributed by atoms with Crippen molar-refractivity contribution in [3.05, 3.63) is 95.7 Å². The lowest BCUT2D eigenvalue weighted by atomic mass is 10.2. The number of para-hydroxylation sites is 1. The molecule has 3 heterocycles. The molecule has 0 saturated carbocycles. The summed E-state index contributed by atoms with van der Waals surface area (Å²) >= 11 is 0. The van der Waals surface area contributed by atoms with Crippen LogP contribution in [0.1, 0.15) is 27.7 Å². The van der Waals surface area contributed by atoms with E-state index in [4.69, 9.17) is 4.74 Å². The zero-order valence-corrected chi connectivity index (χ0v) is 19.0. The van der Waals surface area contributed by atoms with Gasteiger partial charge in [0.1, 0.15) is 17.3 Å². The van der Waals surface area contributed by atoms with E-state index in [1.54, 1.807) is 41.1 Å². The molecule has 0 aliphatic carbocycles. The molecule has 1 amide bonds. The van der Waals surface area contributed by atoms with Crippen molar-refractivity contribution >= 4 is 22.5 Å². The number of pyridine rings is 1. The van der Waals surface area contributed by atoms with Gasteiger partial charge in [-0.15, -0.1) is 0 Å². The first-order valence-corrected chi connectivity index (χ1v) is 10.8. The van der Waals surface area contributed by atoms with Crippen LogP contribution in [-0.4, -0.2) is 30.6 Å². The van der Waals surface area contributed by atoms with Gasteiger partial charge < -0.3 is 10.1 Å². The first kappa shape index (κ1) is 21.3. The lowest BCUT2D eigenvalue weighted by Crippen LogP contribution is -2.13. The van der Waals surface area contributed by atoms with Gasteiger partial charge in [0.2, 0.25) is 5.88 Å². The predicted octanol–water partition coefficient (Wildman–Crippen LogP) is 5.18. The van der Waals surface area contributed by atoms with Crippen LogP contribution in [0.3, 0.4) is 0 Å². The first-order valence-electron chi connectivity index (χ1n) is 10.8. The van der Waals surface area contributed by atoms with Crippen LogP contribution in [0, 0.1) is 20.8 Å². The van der Waals surface area contributed by atoms with Gasteiger partial charge in [0.05, 0.1) is 11.2 Å². The molecule has 2 aromatic carbocycles. The van der Waals surface area contributed by atoms with Crippen LogP contribution in [-0.2, 0) is 0 Å². The Labute approximate surface area is 196 Å². The highest BCUT2D eigenvalue weighted by molar-refractivity contribution is 6.04. The van der Waals surface area contributed by atoms with Crippen LogP contribution in [0.4, 0.5) is 5.69 Å². The van der Waals surface area contributed by atoms with E-state index in [1.165, 1.54) is 0 Å². The minimum absolute atomic E-state index is 0.277. The summed E-state index contributed by atoms with van der Waals surface area (Å²) in [5, 5.41) is 8.33. The predicted molar refractivity (Wildman–Crippen MR) is 130 cm³/mol. The Balaban J connectivity index is 1.30. The number of anilines is 1. The highest BCUT2D eigenvalue weighted by Crippen LogP contribution is 2.24. The van der Waals surface area contributed by atoms with Gasteiger partial charge in [-0.25, -0.2) is 14.6 Å². The Morgan fingerprint density at radius 2 is 1.68 bits per heavy atom. The lowest BCUT2D eigenvalue weighted by Gasteiger charge is -2.10. The average molecular weight is 451 g/mol. The number of rotatable bonds is 5. The minimum atomic E-state index is -0.277. The number of hydrogen-bond acceptors (Lipinski definition) is 6. The van der Waals surface area contributed by atoms with E-state index < -0.39 is 0 Å². The Kier molecular flexibility index (Phi) is 5.47. The largest absolute Gasteiger partial charge is 0.439 e. The van der Waals surface area contributed by atoms with Crippen LogP contribution in [0.15, 0.2) is 72.8 Å². The molecular formula is C26H22N6O2. The summed E-state index contributed by atoms with van der Waals surface area (Å²) in [5.74, 6) is 1.93. The van der Waals surface area contributed by atoms with E-state index in [1.807, 2.05) is 57.2 Å². The third-order valence-corrected chi connectivity index (χ3v) is 5.19. The number of carbonyl (C=O) groups is 1. The number of nitrogens with one attached hydrogen (secondary N) is 1. The maximum atomic E-state index is 12.6. The molecule has 0 saturated heterocycles. The van der Waals surface area contributed by atoms with Crippen LogP contribution in [0.5, 0.6) is 11.6 Å². The SMILES string of the molecule is Cc1cc(C)n(-c2cc(Oc3ccc(NC(=O)c4ccc5ccccc5n4)cc3)nc(C)n2)n1. The van der Waals surface area contributed by atoms with Crippen molar-refractivity contribution in [2.24, 2.45) is 0 Å². The van der Waals surface area contributed by atoms with Crippen LogP contribution in [0.2, 0.25) is 0 Å². The number of carbonyl (C=O) groups excluding carboxylic acids is 1. The molecule has 8 heteroatoms. The van der Waals surface area contributed by atoms with Gasteiger partial charge in [-0.2, -0.15) is 10.1 Å². The number of benzene rings is 2. The molecule has 0 spiro atoms. The molecule has 0 aliphatic rings. The molecule has 5 rings (SSSR count). The van der Waals surface area contributed by atoms with Crippen molar-refractivity contribution in [1.82, 2.24) is 24.7 Å². The van der Waals surface area contributed by atoms with E-state index >= 15 is 0 Å². The van der Waals surface area contributed by atoms with Crippen molar-refractivity contribution in [2.75, 3.05) is 5.32 Å². The lowest BCUT2D eigenvalue weighted by molar-refractivity contribution is 0.102. The third-order valence-electron chi connectivity index (χ3n) is 5.19. The molecule has 5 aromatic rings. The fourth-order valence-corrected chi connectivity index (χ4v) is 3.66. The summed E-state index contributed by atoms with van der Waals surface area (Å²) in [4.78, 5) is 25.9. The van der Waals surface area contributed by atoms with Gasteiger partial charge in [-0.3, -0.25) is 4.79 Å². The second kappa shape index (κ2) is 8.74. The Bertz CT molecular complexity index is 1510. The van der Waals surface area contributed by atoms with Crippen LogP contribution < -0.4 is 10.1 Å². The number of nitrogens with zero attached hydrogens (tertiary/aromatic N) is 5. The van der Waals surface area contributed by atoms with Gasteiger partial charge in [0, 0.05) is 22.8 Å². The number of ether oxygens (including phenoxy) is 1. The molecule has 0 unspecified atom stereocenters. The van der Waals surface area contributed by atoms with Crippen LogP contribution in [0.25, 0.3) is 16.7 Å². The summed E-state index contributed by atoms with van der Waals surface area (Å²) in [7, 11) is 0. The second-order valence-electron chi connectivity index (χ2n) is 7.92. The quantitative estimate of drug-likeness (QED) is 0.396. The number of aromatic nitrogens is 5. The van der Waals surface area contributed by atoms with E-state index in [0.717, 1.165) is 22.3 Å². The maximum Gasteiger partial charge on any atom is 0.274 e. The van der Waals surface area contributed by atoms with Crippen molar-refractivity contribution in [3.8, 4) is 17.4 Å². The zero-order valence-electron chi connectivity index (χ0n) is 19.0. The molecule has 34 heavy (non-hydrogen) atoms. The summed E-state index contributed by atoms with van der Waals surface area (Å²) in [5.41, 5.74) is 3.65. The topological polar surface area (TPSA) is 94.8 Å². The van der Waals surface area contributed by atoms with E-state index in [0.29, 0.717) is 34.7 Å². The molecule has 1 N–H and O–H groups in total. The highest BCUT2D eigenvalue weighted by atomic mass is 16.5. The third kappa shape index (κ3) is 4.47. The Morgan fingerprint density at radius 1 is 0.882 bits per heavy atom. The fraction of sp³-hybridized carbons (Fsp3) is 0.115. The van der Waals surface area contributed by atoms with E-state index in [-0.39, 0.29) is 5.91 Å². The first-order chi connectivity index (χ1) is 16.4. The molecule has 168 valence electrons. The van der Waals surface area contributed by atoms with Gasteiger partial charge in [0.25, 0.3) is 5.91 Å². The average Bonchev–Trinajstić information content (AvgIpc) is 3.17. The molecule has 0 radical (unpaired) electrons. The number of fused-ring (bicyclic) bond motifs is 1. The summed E-state index contributed by atoms with van der Waals surface area (Å²) in [6, 6.07) is 22.1. The van der Waals surface area contributed by atoms with Gasteiger partial charge in [-0.1, -0.05) is 24.3 Å². The van der Waals surface area contributed by atoms with Crippen LogP contribution >= 0.6 is 0 Å². The molecular weight excluding hydrogens is 428 g/mol. The highest BCUT2D eigenvalue weighted by Gasteiger charge is 2.11. The van der Waals surface area contributed by atoms with Crippen molar-refractivity contribution in [3.63, 3.8) is 0 Å². The van der Waals surface area contributed by atoms with E-state index in [2.05, 4.69) is 25.4 Å². The molecule has 0 bridgehead atoms. The van der Waals surface area contributed by atoms with Crippen molar-refractivity contribution < 1.29 is 9.53 Å². The fourth-order valence-electron chi connectivity index (χ4n) is 3.66. The minimum Gasteiger partial charge on any atom is -0.439 e. The zero-order chi connectivity index (χ0) is 23.7. The standard InChI is InChI=1S/C26H22N6O2/c1-16-14-17(2)32(31-16)24-15-25(28-18(3)27-24)34-21-11-9-20(10-12-21)29-26(33)23-13-8-19-6-4-5-7-22(19)30-23/h4-15H,1-3H3,(H,29,33). The van der Waals surface area contributed by atoms with Crippen molar-refractivity contribution in [1.29, 1.82) is 0 Å². The monoisotopic (exact) mass is 450 g/mol. The Morgan fingerprint density at radius 3 is 2.44 bits per heavy atom. The maximum absolute atomic E-state index is 12.6. The summed E-state index contributed by atoms with van der Waals surface area (Å²) < 4.78 is 7.70. The molecule has 0 atom stereocenters. The normalized spacial score (nSPS) is 10.9. The second-order valence-corrected chi connectivity index (χ2v) is 7.92. The smallest absolute Gasteiger partial charge is 0.274 e. The van der Waals surface area contributed by atoms with Gasteiger partial charge in [-0.05, 0) is 63.2 Å². The molecule has 0 aliphatic heterocycles. The number of hydrogen-bond donors (Lipinski definition) is 1. The Hall–Kier alpha value is -4.59. The molecule has 3 aromatic heterocycles. The number of aryl methyl sites for hydroxylation is 3. The molecule has 0 fully saturated rings. The summed E-state index contributed by atoms with van der Waals surface area (Å²) in [6.45, 7) is 5.71. The van der Waals surface area contributed by atoms with E-state index in [9.17, 15) is 4.79 Å². The molecule has 8 nitrogen and oxygen atoms in total. The van der Waals surface area contributed by atoms with Gasteiger partial charge in [0.15, 0.2) is 5.82 Å².